The molecule has 28 heavy (non-hydrogen) atoms. The van der Waals surface area contributed by atoms with Gasteiger partial charge in [0, 0.05) is 31.2 Å². The summed E-state index contributed by atoms with van der Waals surface area (Å²) in [5.41, 5.74) is -0.953. The predicted octanol–water partition coefficient (Wildman–Crippen LogP) is 3.04. The van der Waals surface area contributed by atoms with Crippen LogP contribution in [0.5, 0.6) is 0 Å². The van der Waals surface area contributed by atoms with Crippen LogP contribution in [0.1, 0.15) is 10.4 Å². The van der Waals surface area contributed by atoms with E-state index in [0.29, 0.717) is 5.02 Å². The normalized spacial score (nSPS) is 15.7. The number of halogens is 5. The van der Waals surface area contributed by atoms with Crippen LogP contribution in [0.4, 0.5) is 17.6 Å². The van der Waals surface area contributed by atoms with Gasteiger partial charge in [0.15, 0.2) is 23.3 Å². The van der Waals surface area contributed by atoms with Crippen molar-refractivity contribution in [2.75, 3.05) is 26.2 Å². The summed E-state index contributed by atoms with van der Waals surface area (Å²) in [6.45, 7) is -0.480. The number of carbonyl (C=O) groups is 1. The number of sulfonamides is 1. The molecular formula is C17H13ClF4N2O3S. The second-order valence-corrected chi connectivity index (χ2v) is 8.37. The molecule has 0 bridgehead atoms. The van der Waals surface area contributed by atoms with Crippen LogP contribution in [0, 0.1) is 23.3 Å². The van der Waals surface area contributed by atoms with E-state index in [0.717, 1.165) is 9.21 Å². The van der Waals surface area contributed by atoms with Gasteiger partial charge in [-0.25, -0.2) is 26.0 Å². The van der Waals surface area contributed by atoms with Crippen molar-refractivity contribution in [3.8, 4) is 0 Å². The first-order valence-corrected chi connectivity index (χ1v) is 9.82. The largest absolute Gasteiger partial charge is 0.336 e. The van der Waals surface area contributed by atoms with Crippen molar-refractivity contribution in [3.05, 3.63) is 64.2 Å². The highest BCUT2D eigenvalue weighted by Gasteiger charge is 2.32. The third kappa shape index (κ3) is 3.71. The summed E-state index contributed by atoms with van der Waals surface area (Å²) in [5.74, 6) is -8.62. The van der Waals surface area contributed by atoms with Crippen LogP contribution in [-0.2, 0) is 10.0 Å². The molecule has 0 unspecified atom stereocenters. The highest BCUT2D eigenvalue weighted by atomic mass is 35.5. The van der Waals surface area contributed by atoms with Gasteiger partial charge in [-0.2, -0.15) is 4.31 Å². The Kier molecular flexibility index (Phi) is 5.64. The van der Waals surface area contributed by atoms with Crippen molar-refractivity contribution in [1.82, 2.24) is 9.21 Å². The van der Waals surface area contributed by atoms with Crippen molar-refractivity contribution in [3.63, 3.8) is 0 Å². The van der Waals surface area contributed by atoms with Gasteiger partial charge in [0.25, 0.3) is 5.91 Å². The van der Waals surface area contributed by atoms with E-state index in [1.54, 1.807) is 0 Å². The summed E-state index contributed by atoms with van der Waals surface area (Å²) in [6, 6.07) is 5.82. The fourth-order valence-electron chi connectivity index (χ4n) is 2.79. The van der Waals surface area contributed by atoms with Gasteiger partial charge >= 0.3 is 0 Å². The highest BCUT2D eigenvalue weighted by Crippen LogP contribution is 2.23. The van der Waals surface area contributed by atoms with Gasteiger partial charge in [0.1, 0.15) is 0 Å². The molecule has 0 aliphatic carbocycles. The number of amides is 1. The summed E-state index contributed by atoms with van der Waals surface area (Å²) in [5, 5.41) is 0.371. The van der Waals surface area contributed by atoms with E-state index in [4.69, 9.17) is 11.6 Å². The number of carbonyl (C=O) groups excluding carboxylic acids is 1. The molecule has 2 aromatic rings. The van der Waals surface area contributed by atoms with Crippen LogP contribution >= 0.6 is 11.6 Å². The van der Waals surface area contributed by atoms with Gasteiger partial charge in [0.05, 0.1) is 10.5 Å². The molecule has 0 aromatic heterocycles. The van der Waals surface area contributed by atoms with E-state index < -0.39 is 44.8 Å². The molecule has 0 saturated carbocycles. The molecule has 0 N–H and O–H groups in total. The van der Waals surface area contributed by atoms with E-state index in [1.807, 2.05) is 0 Å². The maximum absolute atomic E-state index is 13.8. The van der Waals surface area contributed by atoms with Crippen molar-refractivity contribution >= 4 is 27.5 Å². The molecule has 1 amide bonds. The SMILES string of the molecule is O=C(c1cc(F)c(F)c(F)c1F)N1CCN(S(=O)(=O)c2ccc(Cl)cc2)CC1. The molecule has 1 saturated heterocycles. The molecule has 1 aliphatic heterocycles. The molecule has 150 valence electrons. The Bertz CT molecular complexity index is 1020. The fraction of sp³-hybridized carbons (Fsp3) is 0.235. The molecule has 0 radical (unpaired) electrons. The molecule has 1 heterocycles. The number of benzene rings is 2. The van der Waals surface area contributed by atoms with Crippen molar-refractivity contribution in [1.29, 1.82) is 0 Å². The molecule has 5 nitrogen and oxygen atoms in total. The van der Waals surface area contributed by atoms with E-state index in [2.05, 4.69) is 0 Å². The minimum absolute atomic E-state index is 0.0189. The van der Waals surface area contributed by atoms with Crippen LogP contribution in [0.15, 0.2) is 35.2 Å². The highest BCUT2D eigenvalue weighted by molar-refractivity contribution is 7.89. The Hall–Kier alpha value is -2.17. The standard InChI is InChI=1S/C17H13ClF4N2O3S/c18-10-1-3-11(4-2-10)28(26,27)24-7-5-23(6-8-24)17(25)12-9-13(19)15(21)16(22)14(12)20/h1-4,9H,5-8H2. The number of hydrogen-bond donors (Lipinski definition) is 0. The second kappa shape index (κ2) is 7.69. The smallest absolute Gasteiger partial charge is 0.257 e. The average molecular weight is 437 g/mol. The maximum Gasteiger partial charge on any atom is 0.257 e. The number of hydrogen-bond acceptors (Lipinski definition) is 3. The Balaban J connectivity index is 1.75. The quantitative estimate of drug-likeness (QED) is 0.422. The lowest BCUT2D eigenvalue weighted by atomic mass is 10.1. The Morgan fingerprint density at radius 3 is 2.04 bits per heavy atom. The van der Waals surface area contributed by atoms with E-state index in [-0.39, 0.29) is 37.1 Å². The van der Waals surface area contributed by atoms with Gasteiger partial charge in [-0.1, -0.05) is 11.6 Å². The van der Waals surface area contributed by atoms with E-state index in [1.165, 1.54) is 24.3 Å². The van der Waals surface area contributed by atoms with Crippen LogP contribution in [-0.4, -0.2) is 49.7 Å². The summed E-state index contributed by atoms with van der Waals surface area (Å²) < 4.78 is 79.9. The Labute approximate surface area is 163 Å². The summed E-state index contributed by atoms with van der Waals surface area (Å²) in [4.78, 5) is 13.4. The van der Waals surface area contributed by atoms with Gasteiger partial charge in [0.2, 0.25) is 10.0 Å². The topological polar surface area (TPSA) is 57.7 Å². The van der Waals surface area contributed by atoms with Gasteiger partial charge < -0.3 is 4.90 Å². The van der Waals surface area contributed by atoms with Crippen molar-refractivity contribution in [2.24, 2.45) is 0 Å². The van der Waals surface area contributed by atoms with Crippen molar-refractivity contribution in [2.45, 2.75) is 4.90 Å². The first kappa shape index (κ1) is 20.6. The minimum Gasteiger partial charge on any atom is -0.336 e. The van der Waals surface area contributed by atoms with Crippen molar-refractivity contribution < 1.29 is 30.8 Å². The van der Waals surface area contributed by atoms with Gasteiger partial charge in [-0.3, -0.25) is 4.79 Å². The summed E-state index contributed by atoms with van der Waals surface area (Å²) in [6.07, 6.45) is 0. The molecule has 11 heteroatoms. The van der Waals surface area contributed by atoms with E-state index in [9.17, 15) is 30.8 Å². The number of nitrogens with zero attached hydrogens (tertiary/aromatic N) is 2. The monoisotopic (exact) mass is 436 g/mol. The first-order chi connectivity index (χ1) is 13.1. The van der Waals surface area contributed by atoms with Crippen LogP contribution in [0.25, 0.3) is 0 Å². The molecule has 0 spiro atoms. The summed E-state index contributed by atoms with van der Waals surface area (Å²) in [7, 11) is -3.83. The number of rotatable bonds is 3. The molecule has 3 rings (SSSR count). The van der Waals surface area contributed by atoms with Gasteiger partial charge in [-0.15, -0.1) is 0 Å². The van der Waals surface area contributed by atoms with Gasteiger partial charge in [-0.05, 0) is 30.3 Å². The third-order valence-corrected chi connectivity index (χ3v) is 6.48. The lowest BCUT2D eigenvalue weighted by Crippen LogP contribution is -2.50. The first-order valence-electron chi connectivity index (χ1n) is 8.01. The minimum atomic E-state index is -3.83. The zero-order valence-electron chi connectivity index (χ0n) is 14.1. The molecule has 1 fully saturated rings. The molecule has 2 aromatic carbocycles. The zero-order valence-corrected chi connectivity index (χ0v) is 15.7. The lowest BCUT2D eigenvalue weighted by molar-refractivity contribution is 0.0691. The number of piperazine rings is 1. The second-order valence-electron chi connectivity index (χ2n) is 6.00. The Morgan fingerprint density at radius 2 is 1.46 bits per heavy atom. The Morgan fingerprint density at radius 1 is 0.893 bits per heavy atom. The average Bonchev–Trinajstić information content (AvgIpc) is 2.69. The van der Waals surface area contributed by atoms with Crippen LogP contribution < -0.4 is 0 Å². The molecule has 0 atom stereocenters. The van der Waals surface area contributed by atoms with Crippen LogP contribution in [0.2, 0.25) is 5.02 Å². The molecule has 1 aliphatic rings. The predicted molar refractivity (Wildman–Crippen MR) is 92.4 cm³/mol. The van der Waals surface area contributed by atoms with E-state index >= 15 is 0 Å². The fourth-order valence-corrected chi connectivity index (χ4v) is 4.33. The summed E-state index contributed by atoms with van der Waals surface area (Å²) >= 11 is 5.74. The molecular weight excluding hydrogens is 424 g/mol. The lowest BCUT2D eigenvalue weighted by Gasteiger charge is -2.34. The van der Waals surface area contributed by atoms with Crippen LogP contribution in [0.3, 0.4) is 0 Å². The zero-order chi connectivity index (χ0) is 20.6. The third-order valence-electron chi connectivity index (χ3n) is 4.31. The maximum atomic E-state index is 13.8.